The number of aromatic nitrogens is 1. The predicted octanol–water partition coefficient (Wildman–Crippen LogP) is 2.08. The lowest BCUT2D eigenvalue weighted by Crippen LogP contribution is -2.14. The normalized spacial score (nSPS) is 10.9. The first-order valence-corrected chi connectivity index (χ1v) is 7.52. The van der Waals surface area contributed by atoms with Crippen molar-refractivity contribution in [3.05, 3.63) is 47.2 Å². The van der Waals surface area contributed by atoms with Gasteiger partial charge in [0.15, 0.2) is 11.6 Å². The quantitative estimate of drug-likeness (QED) is 0.903. The first kappa shape index (κ1) is 14.8. The molecule has 7 heteroatoms. The van der Waals surface area contributed by atoms with Crippen LogP contribution < -0.4 is 4.72 Å². The summed E-state index contributed by atoms with van der Waals surface area (Å²) in [6.07, 6.45) is 0. The molecule has 6 nitrogen and oxygen atoms in total. The van der Waals surface area contributed by atoms with Crippen molar-refractivity contribution in [1.82, 2.24) is 4.98 Å². The van der Waals surface area contributed by atoms with Gasteiger partial charge in [-0.25, -0.2) is 13.4 Å². The number of benzene rings is 1. The summed E-state index contributed by atoms with van der Waals surface area (Å²) in [6, 6.07) is 9.07. The average Bonchev–Trinajstić information content (AvgIpc) is 2.42. The van der Waals surface area contributed by atoms with Gasteiger partial charge in [0.25, 0.3) is 10.0 Å². The van der Waals surface area contributed by atoms with Crippen LogP contribution >= 0.6 is 0 Å². The lowest BCUT2D eigenvalue weighted by atomic mass is 10.1. The number of sulfonamides is 1. The van der Waals surface area contributed by atoms with Gasteiger partial charge in [0, 0.05) is 5.69 Å². The molecule has 1 aromatic heterocycles. The van der Waals surface area contributed by atoms with Crippen LogP contribution in [-0.4, -0.2) is 18.5 Å². The van der Waals surface area contributed by atoms with Crippen LogP contribution in [0.3, 0.4) is 0 Å². The van der Waals surface area contributed by atoms with E-state index in [0.29, 0.717) is 16.8 Å². The summed E-state index contributed by atoms with van der Waals surface area (Å²) in [5.74, 6) is -0.383. The fourth-order valence-corrected chi connectivity index (χ4v) is 2.84. The molecule has 0 unspecified atom stereocenters. The van der Waals surface area contributed by atoms with Crippen LogP contribution in [0.1, 0.15) is 16.8 Å². The number of nitriles is 1. The zero-order valence-corrected chi connectivity index (χ0v) is 12.3. The molecule has 0 spiro atoms. The van der Waals surface area contributed by atoms with Crippen molar-refractivity contribution in [3.63, 3.8) is 0 Å². The number of aromatic hydroxyl groups is 1. The van der Waals surface area contributed by atoms with E-state index in [2.05, 4.69) is 9.71 Å². The standard InChI is InChI=1S/C14H13N3O3S/c1-9-7-12(5-4-11(9)8-15)21(19,20)17-14-13(18)6-3-10(2)16-14/h3-7,18H,1-2H3,(H,16,17). The topological polar surface area (TPSA) is 103 Å². The van der Waals surface area contributed by atoms with Crippen LogP contribution in [0.2, 0.25) is 0 Å². The van der Waals surface area contributed by atoms with Crippen molar-refractivity contribution in [3.8, 4) is 11.8 Å². The van der Waals surface area contributed by atoms with Crippen molar-refractivity contribution in [2.75, 3.05) is 4.72 Å². The Balaban J connectivity index is 2.41. The molecule has 0 saturated carbocycles. The molecule has 1 aromatic carbocycles. The largest absolute Gasteiger partial charge is 0.504 e. The number of anilines is 1. The van der Waals surface area contributed by atoms with E-state index < -0.39 is 10.0 Å². The molecule has 1 heterocycles. The third-order valence-corrected chi connectivity index (χ3v) is 4.21. The number of nitrogens with zero attached hydrogens (tertiary/aromatic N) is 2. The van der Waals surface area contributed by atoms with E-state index in [1.807, 2.05) is 6.07 Å². The van der Waals surface area contributed by atoms with E-state index in [1.165, 1.54) is 24.3 Å². The van der Waals surface area contributed by atoms with Gasteiger partial charge in [-0.05, 0) is 49.7 Å². The Kier molecular flexibility index (Phi) is 3.82. The Labute approximate surface area is 122 Å². The van der Waals surface area contributed by atoms with E-state index >= 15 is 0 Å². The van der Waals surface area contributed by atoms with E-state index in [9.17, 15) is 13.5 Å². The third kappa shape index (κ3) is 3.12. The zero-order chi connectivity index (χ0) is 15.6. The Hall–Kier alpha value is -2.59. The van der Waals surface area contributed by atoms with Crippen LogP contribution in [0.25, 0.3) is 0 Å². The second-order valence-corrected chi connectivity index (χ2v) is 6.20. The van der Waals surface area contributed by atoms with Crippen LogP contribution in [0, 0.1) is 25.2 Å². The van der Waals surface area contributed by atoms with Crippen molar-refractivity contribution in [2.24, 2.45) is 0 Å². The summed E-state index contributed by atoms with van der Waals surface area (Å²) >= 11 is 0. The molecule has 0 bridgehead atoms. The number of rotatable bonds is 3. The monoisotopic (exact) mass is 303 g/mol. The highest BCUT2D eigenvalue weighted by Gasteiger charge is 2.18. The highest BCUT2D eigenvalue weighted by molar-refractivity contribution is 7.92. The molecule has 108 valence electrons. The molecular formula is C14H13N3O3S. The SMILES string of the molecule is Cc1ccc(O)c(NS(=O)(=O)c2ccc(C#N)c(C)c2)n1. The predicted molar refractivity (Wildman–Crippen MR) is 77.3 cm³/mol. The van der Waals surface area contributed by atoms with Crippen molar-refractivity contribution >= 4 is 15.8 Å². The molecule has 0 radical (unpaired) electrons. The molecule has 0 amide bonds. The number of pyridine rings is 1. The molecule has 2 N–H and O–H groups in total. The minimum absolute atomic E-state index is 0.00158. The average molecular weight is 303 g/mol. The lowest BCUT2D eigenvalue weighted by Gasteiger charge is -2.10. The highest BCUT2D eigenvalue weighted by Crippen LogP contribution is 2.24. The number of nitrogens with one attached hydrogen (secondary N) is 1. The Morgan fingerprint density at radius 1 is 1.24 bits per heavy atom. The number of aryl methyl sites for hydroxylation is 2. The minimum Gasteiger partial charge on any atom is -0.504 e. The van der Waals surface area contributed by atoms with Gasteiger partial charge in [0.2, 0.25) is 0 Å². The summed E-state index contributed by atoms with van der Waals surface area (Å²) < 4.78 is 26.8. The van der Waals surface area contributed by atoms with E-state index in [0.717, 1.165) is 0 Å². The van der Waals surface area contributed by atoms with Gasteiger partial charge in [0.1, 0.15) is 0 Å². The molecule has 0 saturated heterocycles. The first-order chi connectivity index (χ1) is 9.83. The molecule has 0 aliphatic carbocycles. The Morgan fingerprint density at radius 3 is 2.57 bits per heavy atom. The summed E-state index contributed by atoms with van der Waals surface area (Å²) in [7, 11) is -3.88. The summed E-state index contributed by atoms with van der Waals surface area (Å²) in [4.78, 5) is 3.95. The van der Waals surface area contributed by atoms with Crippen molar-refractivity contribution in [2.45, 2.75) is 18.7 Å². The van der Waals surface area contributed by atoms with E-state index in [4.69, 9.17) is 5.26 Å². The second kappa shape index (κ2) is 5.42. The highest BCUT2D eigenvalue weighted by atomic mass is 32.2. The van der Waals surface area contributed by atoms with E-state index in [1.54, 1.807) is 19.9 Å². The first-order valence-electron chi connectivity index (χ1n) is 6.03. The van der Waals surface area contributed by atoms with Gasteiger partial charge >= 0.3 is 0 Å². The maximum atomic E-state index is 12.3. The zero-order valence-electron chi connectivity index (χ0n) is 11.5. The maximum Gasteiger partial charge on any atom is 0.263 e. The van der Waals surface area contributed by atoms with E-state index in [-0.39, 0.29) is 16.5 Å². The third-order valence-electron chi connectivity index (χ3n) is 2.87. The lowest BCUT2D eigenvalue weighted by molar-refractivity contribution is 0.475. The van der Waals surface area contributed by atoms with Crippen molar-refractivity contribution < 1.29 is 13.5 Å². The fraction of sp³-hybridized carbons (Fsp3) is 0.143. The summed E-state index contributed by atoms with van der Waals surface area (Å²) in [5.41, 5.74) is 1.54. The summed E-state index contributed by atoms with van der Waals surface area (Å²) in [6.45, 7) is 3.34. The molecule has 21 heavy (non-hydrogen) atoms. The molecule has 2 aromatic rings. The van der Waals surface area contributed by atoms with Gasteiger partial charge in [-0.1, -0.05) is 0 Å². The van der Waals surface area contributed by atoms with Crippen molar-refractivity contribution in [1.29, 1.82) is 5.26 Å². The second-order valence-electron chi connectivity index (χ2n) is 4.51. The number of hydrogen-bond acceptors (Lipinski definition) is 5. The van der Waals surface area contributed by atoms with Gasteiger partial charge in [-0.3, -0.25) is 4.72 Å². The molecule has 2 rings (SSSR count). The smallest absolute Gasteiger partial charge is 0.263 e. The van der Waals surface area contributed by atoms with Crippen LogP contribution in [0.4, 0.5) is 5.82 Å². The van der Waals surface area contributed by atoms with Gasteiger partial charge in [-0.15, -0.1) is 0 Å². The molecule has 0 fully saturated rings. The van der Waals surface area contributed by atoms with Gasteiger partial charge in [0.05, 0.1) is 16.5 Å². The maximum absolute atomic E-state index is 12.3. The molecule has 0 aliphatic rings. The molecule has 0 atom stereocenters. The van der Waals surface area contributed by atoms with Gasteiger partial charge in [-0.2, -0.15) is 5.26 Å². The van der Waals surface area contributed by atoms with Crippen LogP contribution in [0.15, 0.2) is 35.2 Å². The minimum atomic E-state index is -3.88. The van der Waals surface area contributed by atoms with Crippen LogP contribution in [0.5, 0.6) is 5.75 Å². The Morgan fingerprint density at radius 2 is 1.95 bits per heavy atom. The number of hydrogen-bond donors (Lipinski definition) is 2. The molecule has 0 aliphatic heterocycles. The van der Waals surface area contributed by atoms with Gasteiger partial charge < -0.3 is 5.11 Å². The Bertz CT molecular complexity index is 839. The molecular weight excluding hydrogens is 290 g/mol. The fourth-order valence-electron chi connectivity index (χ4n) is 1.74. The summed E-state index contributed by atoms with van der Waals surface area (Å²) in [5, 5.41) is 18.5. The van der Waals surface area contributed by atoms with Crippen LogP contribution in [-0.2, 0) is 10.0 Å².